The number of ether oxygens (including phenoxy) is 1. The lowest BCUT2D eigenvalue weighted by atomic mass is 10.1. The maximum atomic E-state index is 14.3. The third-order valence-corrected chi connectivity index (χ3v) is 7.10. The number of nitrogens with two attached hydrogens (primary N) is 1. The van der Waals surface area contributed by atoms with Crippen LogP contribution in [0.1, 0.15) is 6.23 Å². The van der Waals surface area contributed by atoms with E-state index >= 15 is 0 Å². The molecule has 5 atom stereocenters. The van der Waals surface area contributed by atoms with Crippen molar-refractivity contribution in [3.63, 3.8) is 0 Å². The van der Waals surface area contributed by atoms with Gasteiger partial charge in [0.15, 0.2) is 6.10 Å². The Morgan fingerprint density at radius 3 is 2.33 bits per heavy atom. The normalized spacial score (nSPS) is 28.0. The van der Waals surface area contributed by atoms with Gasteiger partial charge in [-0.15, -0.1) is 0 Å². The molecule has 1 aliphatic heterocycles. The predicted octanol–water partition coefficient (Wildman–Crippen LogP) is -0.938. The van der Waals surface area contributed by atoms with Gasteiger partial charge in [-0.25, -0.2) is 18.5 Å². The Morgan fingerprint density at radius 1 is 1.20 bits per heavy atom. The fourth-order valence-electron chi connectivity index (χ4n) is 2.18. The average molecular weight is 503 g/mol. The highest BCUT2D eigenvalue weighted by molar-refractivity contribution is 7.66. The van der Waals surface area contributed by atoms with Crippen molar-refractivity contribution in [1.29, 1.82) is 0 Å². The summed E-state index contributed by atoms with van der Waals surface area (Å²) in [5, 5.41) is 9.72. The zero-order valence-electron chi connectivity index (χ0n) is 14.2. The van der Waals surface area contributed by atoms with Crippen LogP contribution < -0.4 is 11.4 Å². The molecule has 2 heterocycles. The molecule has 1 aromatic rings. The largest absolute Gasteiger partial charge is 0.490 e. The van der Waals surface area contributed by atoms with Crippen molar-refractivity contribution in [3.8, 4) is 0 Å². The Labute approximate surface area is 164 Å². The second kappa shape index (κ2) is 8.43. The molecule has 0 saturated carbocycles. The fourth-order valence-corrected chi connectivity index (χ4v) is 5.21. The average Bonchev–Trinajstić information content (AvgIpc) is 2.73. The zero-order chi connectivity index (χ0) is 23.1. The monoisotopic (exact) mass is 503 g/mol. The van der Waals surface area contributed by atoms with Gasteiger partial charge in [0, 0.05) is 6.20 Å². The standard InChI is InChI=1S/C9H14F2N3O13P3/c10-9(11)6(15)4(25-7(9)14-2-1-5(12)13-8(14)16)3-24-29(20,21)27-30(22,23)26-28(17,18)19/h1-2,4,6-7,15H,3H2,(H,20,21)(H,22,23)(H2,12,13,16)(H2,17,18,19)/t4-,6-,7-/m1/s1. The van der Waals surface area contributed by atoms with Gasteiger partial charge in [0.25, 0.3) is 0 Å². The number of anilines is 1. The molecule has 1 aliphatic rings. The predicted molar refractivity (Wildman–Crippen MR) is 87.6 cm³/mol. The number of phosphoric acid groups is 3. The van der Waals surface area contributed by atoms with Gasteiger partial charge >= 0.3 is 35.1 Å². The van der Waals surface area contributed by atoms with Crippen molar-refractivity contribution in [2.24, 2.45) is 0 Å². The van der Waals surface area contributed by atoms with E-state index in [1.165, 1.54) is 0 Å². The van der Waals surface area contributed by atoms with Crippen LogP contribution in [0.5, 0.6) is 0 Å². The first-order chi connectivity index (χ1) is 13.4. The van der Waals surface area contributed by atoms with Crippen LogP contribution in [0.25, 0.3) is 0 Å². The topological polar surface area (TPSA) is 250 Å². The van der Waals surface area contributed by atoms with Crippen LogP contribution in [0.2, 0.25) is 0 Å². The Kier molecular flexibility index (Phi) is 7.06. The molecule has 1 saturated heterocycles. The van der Waals surface area contributed by atoms with Gasteiger partial charge in [-0.1, -0.05) is 0 Å². The Balaban J connectivity index is 2.12. The molecule has 30 heavy (non-hydrogen) atoms. The van der Waals surface area contributed by atoms with Crippen LogP contribution in [0.3, 0.4) is 0 Å². The lowest BCUT2D eigenvalue weighted by molar-refractivity contribution is -0.140. The molecule has 0 spiro atoms. The van der Waals surface area contributed by atoms with Gasteiger partial charge < -0.3 is 35.2 Å². The number of hydrogen-bond donors (Lipinski definition) is 6. The van der Waals surface area contributed by atoms with Crippen molar-refractivity contribution in [2.75, 3.05) is 12.3 Å². The number of rotatable bonds is 8. The highest BCUT2D eigenvalue weighted by Gasteiger charge is 2.60. The summed E-state index contributed by atoms with van der Waals surface area (Å²) in [6.45, 7) is -1.35. The number of alkyl halides is 2. The number of aliphatic hydroxyl groups excluding tert-OH is 1. The van der Waals surface area contributed by atoms with Gasteiger partial charge in [-0.2, -0.15) is 22.4 Å². The van der Waals surface area contributed by atoms with Gasteiger partial charge in [0.1, 0.15) is 11.9 Å². The highest BCUT2D eigenvalue weighted by atomic mass is 31.3. The van der Waals surface area contributed by atoms with Gasteiger partial charge in [-0.05, 0) is 6.07 Å². The molecular weight excluding hydrogens is 489 g/mol. The summed E-state index contributed by atoms with van der Waals surface area (Å²) in [5.41, 5.74) is 3.97. The summed E-state index contributed by atoms with van der Waals surface area (Å²) >= 11 is 0. The van der Waals surface area contributed by atoms with Crippen LogP contribution in [0.4, 0.5) is 14.6 Å². The van der Waals surface area contributed by atoms with Crippen molar-refractivity contribution in [3.05, 3.63) is 22.7 Å². The molecule has 0 aliphatic carbocycles. The first kappa shape index (κ1) is 25.1. The molecule has 1 aromatic heterocycles. The van der Waals surface area contributed by atoms with E-state index < -0.39 is 60.1 Å². The van der Waals surface area contributed by atoms with E-state index in [1.807, 2.05) is 0 Å². The number of hydrogen-bond acceptors (Lipinski definition) is 11. The summed E-state index contributed by atoms with van der Waals surface area (Å²) in [6, 6.07) is 0.979. The summed E-state index contributed by atoms with van der Waals surface area (Å²) in [5.74, 6) is -4.42. The first-order valence-corrected chi connectivity index (χ1v) is 11.8. The number of halogens is 2. The minimum absolute atomic E-state index is 0.282. The molecule has 172 valence electrons. The van der Waals surface area contributed by atoms with Crippen molar-refractivity contribution >= 4 is 29.3 Å². The van der Waals surface area contributed by atoms with E-state index in [0.717, 1.165) is 12.3 Å². The molecule has 16 nitrogen and oxygen atoms in total. The maximum absolute atomic E-state index is 14.3. The van der Waals surface area contributed by atoms with Crippen LogP contribution in [-0.4, -0.2) is 59.0 Å². The molecular formula is C9H14F2N3O13P3. The van der Waals surface area contributed by atoms with Gasteiger partial charge in [0.2, 0.25) is 6.23 Å². The van der Waals surface area contributed by atoms with Gasteiger partial charge in [0.05, 0.1) is 6.61 Å². The van der Waals surface area contributed by atoms with E-state index in [2.05, 4.69) is 18.1 Å². The van der Waals surface area contributed by atoms with Crippen molar-refractivity contribution in [1.82, 2.24) is 9.55 Å². The fraction of sp³-hybridized carbons (Fsp3) is 0.556. The number of nitrogens with zero attached hydrogens (tertiary/aromatic N) is 2. The van der Waals surface area contributed by atoms with Crippen molar-refractivity contribution in [2.45, 2.75) is 24.4 Å². The molecule has 0 amide bonds. The molecule has 0 bridgehead atoms. The summed E-state index contributed by atoms with van der Waals surface area (Å²) in [6.07, 6.45) is -6.40. The van der Waals surface area contributed by atoms with Gasteiger partial charge in [-0.3, -0.25) is 9.09 Å². The lowest BCUT2D eigenvalue weighted by Crippen LogP contribution is -2.41. The third kappa shape index (κ3) is 6.20. The van der Waals surface area contributed by atoms with E-state index in [0.29, 0.717) is 0 Å². The first-order valence-electron chi connectivity index (χ1n) is 7.28. The van der Waals surface area contributed by atoms with E-state index in [1.54, 1.807) is 0 Å². The summed E-state index contributed by atoms with van der Waals surface area (Å²) in [7, 11) is -17.1. The van der Waals surface area contributed by atoms with Crippen LogP contribution in [-0.2, 0) is 31.6 Å². The van der Waals surface area contributed by atoms with E-state index in [9.17, 15) is 37.3 Å². The second-order valence-corrected chi connectivity index (χ2v) is 10.00. The molecule has 2 rings (SSSR count). The smallest absolute Gasteiger partial charge is 0.384 e. The number of nitrogen functional groups attached to an aromatic ring is 1. The third-order valence-electron chi connectivity index (χ3n) is 3.30. The van der Waals surface area contributed by atoms with Crippen LogP contribution in [0.15, 0.2) is 17.1 Å². The number of aromatic nitrogens is 2. The second-order valence-electron chi connectivity index (χ2n) is 5.58. The molecule has 0 radical (unpaired) electrons. The Morgan fingerprint density at radius 2 is 1.80 bits per heavy atom. The van der Waals surface area contributed by atoms with E-state index in [4.69, 9.17) is 25.2 Å². The summed E-state index contributed by atoms with van der Waals surface area (Å²) < 4.78 is 78.0. The SMILES string of the molecule is Nc1ccn([C@@H]2O[C@H](COP(=O)(O)OP(=O)(O)OP(=O)(O)O)[C@@H](O)C2(F)F)c(=O)n1. The van der Waals surface area contributed by atoms with E-state index in [-0.39, 0.29) is 10.4 Å². The Hall–Kier alpha value is -1.13. The minimum atomic E-state index is -5.83. The molecule has 7 N–H and O–H groups in total. The number of phosphoric ester groups is 1. The van der Waals surface area contributed by atoms with Crippen LogP contribution in [0, 0.1) is 0 Å². The highest BCUT2D eigenvalue weighted by Crippen LogP contribution is 2.66. The molecule has 1 fully saturated rings. The molecule has 21 heteroatoms. The minimum Gasteiger partial charge on any atom is -0.384 e. The summed E-state index contributed by atoms with van der Waals surface area (Å²) in [4.78, 5) is 50.1. The molecule has 0 aromatic carbocycles. The van der Waals surface area contributed by atoms with Crippen LogP contribution >= 0.6 is 23.5 Å². The zero-order valence-corrected chi connectivity index (χ0v) is 16.8. The number of aliphatic hydroxyl groups is 1. The Bertz CT molecular complexity index is 998. The quantitative estimate of drug-likeness (QED) is 0.234. The maximum Gasteiger partial charge on any atom is 0.490 e. The van der Waals surface area contributed by atoms with Crippen molar-refractivity contribution < 1.29 is 65.0 Å². The molecule has 2 unspecified atom stereocenters. The lowest BCUT2D eigenvalue weighted by Gasteiger charge is -2.20.